The Morgan fingerprint density at radius 1 is 1.08 bits per heavy atom. The van der Waals surface area contributed by atoms with E-state index in [0.717, 1.165) is 5.56 Å². The fourth-order valence-electron chi connectivity index (χ4n) is 2.39. The Labute approximate surface area is 148 Å². The summed E-state index contributed by atoms with van der Waals surface area (Å²) in [6, 6.07) is 12.5. The van der Waals surface area contributed by atoms with E-state index in [1.165, 1.54) is 12.1 Å². The van der Waals surface area contributed by atoms with Gasteiger partial charge in [-0.15, -0.1) is 0 Å². The van der Waals surface area contributed by atoms with Crippen molar-refractivity contribution in [3.63, 3.8) is 0 Å². The quantitative estimate of drug-likeness (QED) is 0.788. The minimum absolute atomic E-state index is 0.133. The van der Waals surface area contributed by atoms with E-state index >= 15 is 0 Å². The summed E-state index contributed by atoms with van der Waals surface area (Å²) in [5.41, 5.74) is 6.99. The van der Waals surface area contributed by atoms with Gasteiger partial charge in [-0.3, -0.25) is 4.79 Å². The molecule has 0 aliphatic rings. The van der Waals surface area contributed by atoms with Crippen LogP contribution in [0.5, 0.6) is 5.75 Å². The van der Waals surface area contributed by atoms with Crippen LogP contribution in [0.15, 0.2) is 53.4 Å². The van der Waals surface area contributed by atoms with Crippen molar-refractivity contribution in [1.82, 2.24) is 4.72 Å². The molecule has 0 unspecified atom stereocenters. The van der Waals surface area contributed by atoms with Gasteiger partial charge in [0.25, 0.3) is 0 Å². The maximum Gasteiger partial charge on any atom is 0.241 e. The van der Waals surface area contributed by atoms with Crippen LogP contribution in [0, 0.1) is 12.8 Å². The first kappa shape index (κ1) is 19.0. The number of benzene rings is 2. The standard InChI is InChI=1S/C18H22N2O4S/c1-12-4-10-16(11-5-12)25(22,23)20-17(13(2)18(19)21)14-6-8-15(24-3)9-7-14/h4-11,13,17,20H,1-3H3,(H2,19,21)/t13-,17+/m0/s1. The van der Waals surface area contributed by atoms with E-state index in [4.69, 9.17) is 10.5 Å². The summed E-state index contributed by atoms with van der Waals surface area (Å²) < 4.78 is 33.1. The normalized spacial score (nSPS) is 13.9. The van der Waals surface area contributed by atoms with E-state index in [0.29, 0.717) is 11.3 Å². The molecular weight excluding hydrogens is 340 g/mol. The van der Waals surface area contributed by atoms with Crippen molar-refractivity contribution in [2.24, 2.45) is 11.7 Å². The van der Waals surface area contributed by atoms with E-state index < -0.39 is 27.9 Å². The lowest BCUT2D eigenvalue weighted by Crippen LogP contribution is -2.38. The SMILES string of the molecule is COc1ccc([C@H](NS(=O)(=O)c2ccc(C)cc2)[C@H](C)C(N)=O)cc1. The third-order valence-corrected chi connectivity index (χ3v) is 5.49. The molecule has 0 saturated heterocycles. The van der Waals surface area contributed by atoms with Gasteiger partial charge in [-0.05, 0) is 36.8 Å². The van der Waals surface area contributed by atoms with Gasteiger partial charge in [0.2, 0.25) is 15.9 Å². The number of amides is 1. The molecule has 0 spiro atoms. The van der Waals surface area contributed by atoms with E-state index in [2.05, 4.69) is 4.72 Å². The summed E-state index contributed by atoms with van der Waals surface area (Å²) in [6.07, 6.45) is 0. The van der Waals surface area contributed by atoms with Crippen LogP contribution in [0.3, 0.4) is 0 Å². The zero-order chi connectivity index (χ0) is 18.6. The molecule has 1 amide bonds. The molecule has 0 fully saturated rings. The summed E-state index contributed by atoms with van der Waals surface area (Å²) in [4.78, 5) is 11.8. The first-order valence-corrected chi connectivity index (χ1v) is 9.25. The Hall–Kier alpha value is -2.38. The number of methoxy groups -OCH3 is 1. The molecule has 0 heterocycles. The number of sulfonamides is 1. The molecule has 25 heavy (non-hydrogen) atoms. The Balaban J connectivity index is 2.38. The van der Waals surface area contributed by atoms with Crippen molar-refractivity contribution in [3.8, 4) is 5.75 Å². The highest BCUT2D eigenvalue weighted by atomic mass is 32.2. The van der Waals surface area contributed by atoms with Crippen molar-refractivity contribution >= 4 is 15.9 Å². The van der Waals surface area contributed by atoms with Crippen LogP contribution >= 0.6 is 0 Å². The van der Waals surface area contributed by atoms with Crippen molar-refractivity contribution < 1.29 is 17.9 Å². The number of hydrogen-bond donors (Lipinski definition) is 2. The maximum absolute atomic E-state index is 12.7. The number of nitrogens with two attached hydrogens (primary N) is 1. The van der Waals surface area contributed by atoms with Crippen LogP contribution in [-0.4, -0.2) is 21.4 Å². The molecule has 0 aliphatic heterocycles. The number of carbonyl (C=O) groups is 1. The van der Waals surface area contributed by atoms with Gasteiger partial charge in [-0.2, -0.15) is 0 Å². The van der Waals surface area contributed by atoms with Crippen molar-refractivity contribution in [2.45, 2.75) is 24.8 Å². The fraction of sp³-hybridized carbons (Fsp3) is 0.278. The molecule has 0 bridgehead atoms. The average molecular weight is 362 g/mol. The number of hydrogen-bond acceptors (Lipinski definition) is 4. The molecule has 2 rings (SSSR count). The first-order valence-electron chi connectivity index (χ1n) is 7.77. The van der Waals surface area contributed by atoms with Gasteiger partial charge in [-0.1, -0.05) is 36.8 Å². The lowest BCUT2D eigenvalue weighted by molar-refractivity contribution is -0.122. The van der Waals surface area contributed by atoms with E-state index in [-0.39, 0.29) is 4.90 Å². The van der Waals surface area contributed by atoms with E-state index in [1.54, 1.807) is 50.4 Å². The predicted octanol–water partition coefficient (Wildman–Crippen LogP) is 2.14. The summed E-state index contributed by atoms with van der Waals surface area (Å²) in [5.74, 6) is -0.684. The van der Waals surface area contributed by atoms with E-state index in [1.807, 2.05) is 6.92 Å². The van der Waals surface area contributed by atoms with Gasteiger partial charge in [0.05, 0.1) is 24.0 Å². The average Bonchev–Trinajstić information content (AvgIpc) is 2.59. The molecule has 0 aromatic heterocycles. The van der Waals surface area contributed by atoms with Gasteiger partial charge in [-0.25, -0.2) is 13.1 Å². The molecule has 2 aromatic carbocycles. The third kappa shape index (κ3) is 4.58. The van der Waals surface area contributed by atoms with Crippen LogP contribution in [-0.2, 0) is 14.8 Å². The predicted molar refractivity (Wildman–Crippen MR) is 95.6 cm³/mol. The van der Waals surface area contributed by atoms with Crippen LogP contribution < -0.4 is 15.2 Å². The summed E-state index contributed by atoms with van der Waals surface area (Å²) in [6.45, 7) is 3.47. The van der Waals surface area contributed by atoms with Crippen LogP contribution in [0.2, 0.25) is 0 Å². The molecular formula is C18H22N2O4S. The van der Waals surface area contributed by atoms with Crippen molar-refractivity contribution in [2.75, 3.05) is 7.11 Å². The third-order valence-electron chi connectivity index (χ3n) is 4.04. The zero-order valence-corrected chi connectivity index (χ0v) is 15.2. The minimum atomic E-state index is -3.81. The minimum Gasteiger partial charge on any atom is -0.497 e. The molecule has 2 aromatic rings. The number of aryl methyl sites for hydroxylation is 1. The van der Waals surface area contributed by atoms with Gasteiger partial charge in [0.15, 0.2) is 0 Å². The lowest BCUT2D eigenvalue weighted by Gasteiger charge is -2.23. The second-order valence-electron chi connectivity index (χ2n) is 5.88. The number of ether oxygens (including phenoxy) is 1. The monoisotopic (exact) mass is 362 g/mol. The second kappa shape index (κ2) is 7.67. The van der Waals surface area contributed by atoms with Crippen molar-refractivity contribution in [3.05, 3.63) is 59.7 Å². The van der Waals surface area contributed by atoms with Gasteiger partial charge < -0.3 is 10.5 Å². The molecule has 7 heteroatoms. The maximum atomic E-state index is 12.7. The Morgan fingerprint density at radius 3 is 2.12 bits per heavy atom. The molecule has 0 radical (unpaired) electrons. The zero-order valence-electron chi connectivity index (χ0n) is 14.4. The second-order valence-corrected chi connectivity index (χ2v) is 7.59. The summed E-state index contributed by atoms with van der Waals surface area (Å²) in [5, 5.41) is 0. The topological polar surface area (TPSA) is 98.5 Å². The number of nitrogens with one attached hydrogen (secondary N) is 1. The lowest BCUT2D eigenvalue weighted by atomic mass is 9.95. The summed E-state index contributed by atoms with van der Waals surface area (Å²) in [7, 11) is -2.27. The fourth-order valence-corrected chi connectivity index (χ4v) is 3.69. The highest BCUT2D eigenvalue weighted by Crippen LogP contribution is 2.26. The Morgan fingerprint density at radius 2 is 1.64 bits per heavy atom. The highest BCUT2D eigenvalue weighted by molar-refractivity contribution is 7.89. The number of rotatable bonds is 7. The van der Waals surface area contributed by atoms with Crippen LogP contribution in [0.4, 0.5) is 0 Å². The van der Waals surface area contributed by atoms with Gasteiger partial charge in [0.1, 0.15) is 5.75 Å². The van der Waals surface area contributed by atoms with Gasteiger partial charge in [0, 0.05) is 0 Å². The smallest absolute Gasteiger partial charge is 0.241 e. The molecule has 2 atom stereocenters. The molecule has 0 aliphatic carbocycles. The van der Waals surface area contributed by atoms with Crippen LogP contribution in [0.1, 0.15) is 24.1 Å². The number of primary amides is 1. The first-order chi connectivity index (χ1) is 11.7. The molecule has 134 valence electrons. The van der Waals surface area contributed by atoms with Crippen LogP contribution in [0.25, 0.3) is 0 Å². The van der Waals surface area contributed by atoms with E-state index in [9.17, 15) is 13.2 Å². The Kier molecular flexibility index (Phi) is 5.81. The largest absolute Gasteiger partial charge is 0.497 e. The summed E-state index contributed by atoms with van der Waals surface area (Å²) >= 11 is 0. The number of carbonyl (C=O) groups excluding carboxylic acids is 1. The molecule has 3 N–H and O–H groups in total. The molecule has 0 saturated carbocycles. The highest BCUT2D eigenvalue weighted by Gasteiger charge is 2.29. The van der Waals surface area contributed by atoms with Crippen molar-refractivity contribution in [1.29, 1.82) is 0 Å². The Bertz CT molecular complexity index is 830. The molecule has 6 nitrogen and oxygen atoms in total. The van der Waals surface area contributed by atoms with Gasteiger partial charge >= 0.3 is 0 Å².